The molecule has 11 rings (SSSR count). The molecule has 0 spiro atoms. The van der Waals surface area contributed by atoms with E-state index in [1.807, 2.05) is 48.5 Å². The second-order valence-corrected chi connectivity index (χ2v) is 14.0. The lowest BCUT2D eigenvalue weighted by atomic mass is 9.95. The van der Waals surface area contributed by atoms with Gasteiger partial charge in [-0.1, -0.05) is 133 Å². The molecule has 3 heterocycles. The molecular formula is C51H32N4O. The van der Waals surface area contributed by atoms with E-state index in [4.69, 9.17) is 19.4 Å². The normalized spacial score (nSPS) is 11.6. The van der Waals surface area contributed by atoms with Crippen molar-refractivity contribution in [2.24, 2.45) is 0 Å². The summed E-state index contributed by atoms with van der Waals surface area (Å²) in [6.45, 7) is 0. The maximum atomic E-state index is 6.78. The van der Waals surface area contributed by atoms with Crippen LogP contribution in [0.5, 0.6) is 0 Å². The van der Waals surface area contributed by atoms with E-state index < -0.39 is 0 Å². The summed E-state index contributed by atoms with van der Waals surface area (Å²) in [6, 6.07) is 67.4. The molecule has 0 aliphatic heterocycles. The highest BCUT2D eigenvalue weighted by Gasteiger charge is 2.19. The van der Waals surface area contributed by atoms with Crippen molar-refractivity contribution in [1.29, 1.82) is 0 Å². The van der Waals surface area contributed by atoms with Gasteiger partial charge < -0.3 is 8.98 Å². The number of hydrogen-bond donors (Lipinski definition) is 0. The maximum Gasteiger partial charge on any atom is 0.164 e. The molecular weight excluding hydrogens is 685 g/mol. The van der Waals surface area contributed by atoms with Gasteiger partial charge in [0.15, 0.2) is 17.5 Å². The molecule has 0 unspecified atom stereocenters. The van der Waals surface area contributed by atoms with Gasteiger partial charge in [0, 0.05) is 49.5 Å². The van der Waals surface area contributed by atoms with Gasteiger partial charge in [-0.3, -0.25) is 0 Å². The summed E-state index contributed by atoms with van der Waals surface area (Å²) >= 11 is 0. The number of para-hydroxylation sites is 2. The highest BCUT2D eigenvalue weighted by Crippen LogP contribution is 2.41. The zero-order valence-corrected chi connectivity index (χ0v) is 30.2. The van der Waals surface area contributed by atoms with Crippen LogP contribution in [0, 0.1) is 0 Å². The first-order chi connectivity index (χ1) is 27.7. The molecule has 0 aliphatic carbocycles. The predicted octanol–water partition coefficient (Wildman–Crippen LogP) is 13.2. The first-order valence-corrected chi connectivity index (χ1v) is 18.8. The zero-order chi connectivity index (χ0) is 37.0. The topological polar surface area (TPSA) is 56.7 Å². The molecule has 0 radical (unpaired) electrons. The van der Waals surface area contributed by atoms with Gasteiger partial charge in [-0.25, -0.2) is 15.0 Å². The van der Waals surface area contributed by atoms with Gasteiger partial charge in [0.05, 0.1) is 11.0 Å². The maximum absolute atomic E-state index is 6.78. The summed E-state index contributed by atoms with van der Waals surface area (Å²) < 4.78 is 9.09. The van der Waals surface area contributed by atoms with Crippen molar-refractivity contribution in [1.82, 2.24) is 19.5 Å². The van der Waals surface area contributed by atoms with Crippen LogP contribution in [0.4, 0.5) is 0 Å². The van der Waals surface area contributed by atoms with Crippen LogP contribution < -0.4 is 0 Å². The Morgan fingerprint density at radius 1 is 0.339 bits per heavy atom. The van der Waals surface area contributed by atoms with Crippen molar-refractivity contribution in [2.45, 2.75) is 0 Å². The lowest BCUT2D eigenvalue weighted by Crippen LogP contribution is -2.00. The fourth-order valence-corrected chi connectivity index (χ4v) is 7.96. The molecule has 56 heavy (non-hydrogen) atoms. The van der Waals surface area contributed by atoms with E-state index >= 15 is 0 Å². The molecule has 262 valence electrons. The minimum atomic E-state index is 0.580. The first-order valence-electron chi connectivity index (χ1n) is 18.8. The molecule has 0 amide bonds. The number of benzene rings is 8. The molecule has 5 nitrogen and oxygen atoms in total. The van der Waals surface area contributed by atoms with Crippen LogP contribution in [0.2, 0.25) is 0 Å². The van der Waals surface area contributed by atoms with Gasteiger partial charge in [0.1, 0.15) is 11.2 Å². The van der Waals surface area contributed by atoms with Gasteiger partial charge in [-0.2, -0.15) is 0 Å². The molecule has 11 aromatic rings. The summed E-state index contributed by atoms with van der Waals surface area (Å²) in [7, 11) is 0. The lowest BCUT2D eigenvalue weighted by Gasteiger charge is -2.10. The van der Waals surface area contributed by atoms with Crippen molar-refractivity contribution >= 4 is 43.7 Å². The molecule has 0 saturated carbocycles. The average molecular weight is 717 g/mol. The van der Waals surface area contributed by atoms with Gasteiger partial charge >= 0.3 is 0 Å². The Labute approximate surface area is 322 Å². The van der Waals surface area contributed by atoms with Gasteiger partial charge in [-0.05, 0) is 77.4 Å². The van der Waals surface area contributed by atoms with E-state index in [9.17, 15) is 0 Å². The summed E-state index contributed by atoms with van der Waals surface area (Å²) in [5, 5.41) is 4.41. The number of hydrogen-bond acceptors (Lipinski definition) is 4. The highest BCUT2D eigenvalue weighted by molar-refractivity contribution is 6.12. The second kappa shape index (κ2) is 13.0. The Morgan fingerprint density at radius 3 is 1.59 bits per heavy atom. The molecule has 8 aromatic carbocycles. The van der Waals surface area contributed by atoms with Crippen LogP contribution in [-0.2, 0) is 0 Å². The number of furan rings is 1. The van der Waals surface area contributed by atoms with E-state index in [-0.39, 0.29) is 0 Å². The largest absolute Gasteiger partial charge is 0.455 e. The third kappa shape index (κ3) is 5.37. The Kier molecular flexibility index (Phi) is 7.42. The Hall–Kier alpha value is -7.63. The van der Waals surface area contributed by atoms with Gasteiger partial charge in [0.25, 0.3) is 0 Å². The van der Waals surface area contributed by atoms with E-state index in [2.05, 4.69) is 150 Å². The number of fused-ring (bicyclic) bond motifs is 6. The van der Waals surface area contributed by atoms with Crippen molar-refractivity contribution in [3.63, 3.8) is 0 Å². The van der Waals surface area contributed by atoms with E-state index in [0.717, 1.165) is 83.0 Å². The molecule has 0 aliphatic rings. The fraction of sp³-hybridized carbons (Fsp3) is 0. The molecule has 0 saturated heterocycles. The smallest absolute Gasteiger partial charge is 0.164 e. The van der Waals surface area contributed by atoms with Crippen molar-refractivity contribution in [3.8, 4) is 62.1 Å². The van der Waals surface area contributed by atoms with Crippen LogP contribution in [0.25, 0.3) is 106 Å². The van der Waals surface area contributed by atoms with Gasteiger partial charge in [-0.15, -0.1) is 0 Å². The summed E-state index contributed by atoms with van der Waals surface area (Å²) in [5.74, 6) is 1.80. The SMILES string of the molecule is c1ccc(-c2cc(-c3ccccc3)c3oc4cc(-c5nc(-c6ccccc6)nc(-c6ccc7c(c6)c6ccccc6n7-c6ccccc6)n5)ccc4c3c2)cc1. The third-order valence-electron chi connectivity index (χ3n) is 10.6. The Bertz CT molecular complexity index is 3230. The van der Waals surface area contributed by atoms with Crippen LogP contribution >= 0.6 is 0 Å². The van der Waals surface area contributed by atoms with Crippen molar-refractivity contribution in [3.05, 3.63) is 194 Å². The molecule has 0 N–H and O–H groups in total. The fourth-order valence-electron chi connectivity index (χ4n) is 7.96. The van der Waals surface area contributed by atoms with E-state index in [0.29, 0.717) is 17.5 Å². The molecule has 5 heteroatoms. The predicted molar refractivity (Wildman–Crippen MR) is 229 cm³/mol. The minimum absolute atomic E-state index is 0.580. The molecule has 0 atom stereocenters. The highest BCUT2D eigenvalue weighted by atomic mass is 16.3. The summed E-state index contributed by atoms with van der Waals surface area (Å²) in [6.07, 6.45) is 0. The molecule has 0 fully saturated rings. The number of rotatable bonds is 6. The molecule has 0 bridgehead atoms. The summed E-state index contributed by atoms with van der Waals surface area (Å²) in [5.41, 5.74) is 12.2. The molecule has 3 aromatic heterocycles. The zero-order valence-electron chi connectivity index (χ0n) is 30.2. The Morgan fingerprint density at radius 2 is 0.875 bits per heavy atom. The third-order valence-corrected chi connectivity index (χ3v) is 10.6. The van der Waals surface area contributed by atoms with E-state index in [1.165, 1.54) is 5.39 Å². The number of nitrogens with zero attached hydrogens (tertiary/aromatic N) is 4. The average Bonchev–Trinajstić information content (AvgIpc) is 3.82. The lowest BCUT2D eigenvalue weighted by molar-refractivity contribution is 0.670. The standard InChI is InChI=1S/C51H32N4O/c1-5-15-33(16-6-1)38-30-42(34-17-7-2-8-18-34)48-44(31-38)41-27-25-37(32-47(41)56-48)51-53-49(35-19-9-3-10-20-35)52-50(54-51)36-26-28-46-43(29-36)40-23-13-14-24-45(40)55(46)39-21-11-4-12-22-39/h1-32H. The quantitative estimate of drug-likeness (QED) is 0.172. The van der Waals surface area contributed by atoms with Crippen LogP contribution in [0.15, 0.2) is 199 Å². The monoisotopic (exact) mass is 716 g/mol. The van der Waals surface area contributed by atoms with Crippen molar-refractivity contribution < 1.29 is 4.42 Å². The van der Waals surface area contributed by atoms with Crippen LogP contribution in [0.1, 0.15) is 0 Å². The second-order valence-electron chi connectivity index (χ2n) is 14.0. The van der Waals surface area contributed by atoms with Crippen LogP contribution in [-0.4, -0.2) is 19.5 Å². The number of aromatic nitrogens is 4. The van der Waals surface area contributed by atoms with Crippen molar-refractivity contribution in [2.75, 3.05) is 0 Å². The first kappa shape index (κ1) is 31.9. The Balaban J connectivity index is 1.09. The van der Waals surface area contributed by atoms with E-state index in [1.54, 1.807) is 0 Å². The van der Waals surface area contributed by atoms with Crippen LogP contribution in [0.3, 0.4) is 0 Å². The minimum Gasteiger partial charge on any atom is -0.455 e. The van der Waals surface area contributed by atoms with Gasteiger partial charge in [0.2, 0.25) is 0 Å². The summed E-state index contributed by atoms with van der Waals surface area (Å²) in [4.78, 5) is 15.3.